The van der Waals surface area contributed by atoms with Crippen LogP contribution in [-0.4, -0.2) is 17.4 Å². The molecule has 7 heteroatoms. The van der Waals surface area contributed by atoms with Crippen molar-refractivity contribution in [1.82, 2.24) is 0 Å². The van der Waals surface area contributed by atoms with E-state index in [9.17, 15) is 14.9 Å². The fourth-order valence-corrected chi connectivity index (χ4v) is 2.70. The molecule has 0 heterocycles. The second kappa shape index (κ2) is 9.15. The zero-order valence-corrected chi connectivity index (χ0v) is 16.1. The molecule has 0 spiro atoms. The number of nitro groups is 1. The summed E-state index contributed by atoms with van der Waals surface area (Å²) in [5.41, 5.74) is 2.05. The van der Waals surface area contributed by atoms with Gasteiger partial charge >= 0.3 is 5.69 Å². The highest BCUT2D eigenvalue weighted by Gasteiger charge is 2.15. The molecule has 1 N–H and O–H groups in total. The minimum atomic E-state index is -0.492. The highest BCUT2D eigenvalue weighted by molar-refractivity contribution is 9.10. The number of nitrogens with one attached hydrogen (secondary N) is 1. The molecule has 1 amide bonds. The quantitative estimate of drug-likeness (QED) is 0.384. The third kappa shape index (κ3) is 5.42. The van der Waals surface area contributed by atoms with Gasteiger partial charge in [0.05, 0.1) is 11.5 Å². The van der Waals surface area contributed by atoms with E-state index in [1.54, 1.807) is 18.2 Å². The third-order valence-corrected chi connectivity index (χ3v) is 4.01. The van der Waals surface area contributed by atoms with Gasteiger partial charge in [0.2, 0.25) is 5.91 Å². The van der Waals surface area contributed by atoms with Crippen molar-refractivity contribution in [3.63, 3.8) is 0 Å². The van der Waals surface area contributed by atoms with E-state index in [1.807, 2.05) is 26.0 Å². The molecule has 136 valence electrons. The predicted molar refractivity (Wildman–Crippen MR) is 105 cm³/mol. The highest BCUT2D eigenvalue weighted by Crippen LogP contribution is 2.28. The second-order valence-electron chi connectivity index (χ2n) is 5.61. The molecule has 0 saturated heterocycles. The first-order chi connectivity index (χ1) is 12.4. The number of amides is 1. The summed E-state index contributed by atoms with van der Waals surface area (Å²) < 4.78 is 6.31. The lowest BCUT2D eigenvalue weighted by molar-refractivity contribution is -0.385. The van der Waals surface area contributed by atoms with Gasteiger partial charge in [-0.1, -0.05) is 28.9 Å². The molecule has 0 aliphatic heterocycles. The van der Waals surface area contributed by atoms with Crippen LogP contribution in [0.5, 0.6) is 5.75 Å². The zero-order valence-electron chi connectivity index (χ0n) is 14.5. The normalized spacial score (nSPS) is 10.7. The van der Waals surface area contributed by atoms with E-state index in [0.29, 0.717) is 17.9 Å². The van der Waals surface area contributed by atoms with Crippen molar-refractivity contribution in [2.24, 2.45) is 0 Å². The Morgan fingerprint density at radius 1 is 1.31 bits per heavy atom. The van der Waals surface area contributed by atoms with E-state index in [0.717, 1.165) is 16.5 Å². The molecule has 0 bridgehead atoms. The second-order valence-corrected chi connectivity index (χ2v) is 6.53. The Balaban J connectivity index is 2.12. The van der Waals surface area contributed by atoms with Gasteiger partial charge in [0.1, 0.15) is 0 Å². The highest BCUT2D eigenvalue weighted by atomic mass is 79.9. The largest absolute Gasteiger partial charge is 0.487 e. The molecule has 0 aliphatic carbocycles. The van der Waals surface area contributed by atoms with Crippen LogP contribution >= 0.6 is 15.9 Å². The Hall–Kier alpha value is -2.67. The van der Waals surface area contributed by atoms with Crippen LogP contribution in [-0.2, 0) is 4.79 Å². The van der Waals surface area contributed by atoms with Gasteiger partial charge in [0, 0.05) is 22.3 Å². The Morgan fingerprint density at radius 2 is 2.08 bits per heavy atom. The Kier molecular flexibility index (Phi) is 6.91. The lowest BCUT2D eigenvalue weighted by Crippen LogP contribution is -2.08. The number of hydrogen-bond acceptors (Lipinski definition) is 4. The van der Waals surface area contributed by atoms with Gasteiger partial charge in [0.15, 0.2) is 5.75 Å². The number of benzene rings is 2. The Labute approximate surface area is 160 Å². The first-order valence-electron chi connectivity index (χ1n) is 8.07. The number of carbonyl (C=O) groups excluding carboxylic acids is 1. The topological polar surface area (TPSA) is 81.5 Å². The number of hydrogen-bond donors (Lipinski definition) is 1. The number of ether oxygens (including phenoxy) is 1. The molecular weight excluding hydrogens is 400 g/mol. The van der Waals surface area contributed by atoms with Crippen LogP contribution in [0.3, 0.4) is 0 Å². The van der Waals surface area contributed by atoms with Crippen molar-refractivity contribution >= 4 is 39.3 Å². The maximum atomic E-state index is 12.1. The van der Waals surface area contributed by atoms with Crippen molar-refractivity contribution in [3.05, 3.63) is 68.2 Å². The fourth-order valence-electron chi connectivity index (χ4n) is 2.23. The van der Waals surface area contributed by atoms with Crippen molar-refractivity contribution in [1.29, 1.82) is 0 Å². The Morgan fingerprint density at radius 3 is 2.73 bits per heavy atom. The number of anilines is 1. The molecule has 0 fully saturated rings. The van der Waals surface area contributed by atoms with Crippen LogP contribution in [0.1, 0.15) is 24.5 Å². The maximum Gasteiger partial charge on any atom is 0.311 e. The molecule has 0 aliphatic rings. The summed E-state index contributed by atoms with van der Waals surface area (Å²) in [6.07, 6.45) is 3.63. The summed E-state index contributed by atoms with van der Waals surface area (Å²) in [6.45, 7) is 4.22. The van der Waals surface area contributed by atoms with E-state index < -0.39 is 4.92 Å². The van der Waals surface area contributed by atoms with E-state index >= 15 is 0 Å². The van der Waals surface area contributed by atoms with Crippen molar-refractivity contribution < 1.29 is 14.5 Å². The van der Waals surface area contributed by atoms with Crippen LogP contribution in [0.2, 0.25) is 0 Å². The van der Waals surface area contributed by atoms with Crippen molar-refractivity contribution in [3.8, 4) is 5.75 Å². The standard InChI is InChI=1S/C19H19BrN2O4/c1-3-10-26-18-8-4-14(12-17(18)22(24)25)5-9-19(23)21-16-7-6-15(20)11-13(16)2/h4-9,11-12H,3,10H2,1-2H3,(H,21,23)/b9-5+. The van der Waals surface area contributed by atoms with E-state index in [2.05, 4.69) is 21.2 Å². The number of aryl methyl sites for hydroxylation is 1. The Bertz CT molecular complexity index is 849. The van der Waals surface area contributed by atoms with Gasteiger partial charge < -0.3 is 10.1 Å². The summed E-state index contributed by atoms with van der Waals surface area (Å²) in [7, 11) is 0. The van der Waals surface area contributed by atoms with E-state index in [-0.39, 0.29) is 17.3 Å². The summed E-state index contributed by atoms with van der Waals surface area (Å²) in [4.78, 5) is 22.8. The number of rotatable bonds is 7. The van der Waals surface area contributed by atoms with Crippen molar-refractivity contribution in [2.45, 2.75) is 20.3 Å². The van der Waals surface area contributed by atoms with Gasteiger partial charge in [-0.15, -0.1) is 0 Å². The van der Waals surface area contributed by atoms with Crippen LogP contribution in [0, 0.1) is 17.0 Å². The first kappa shape index (κ1) is 19.7. The average Bonchev–Trinajstić information content (AvgIpc) is 2.60. The van der Waals surface area contributed by atoms with Crippen LogP contribution < -0.4 is 10.1 Å². The average molecular weight is 419 g/mol. The molecule has 2 aromatic rings. The van der Waals surface area contributed by atoms with Crippen LogP contribution in [0.25, 0.3) is 6.08 Å². The SMILES string of the molecule is CCCOc1ccc(/C=C/C(=O)Nc2ccc(Br)cc2C)cc1[N+](=O)[O-]. The minimum Gasteiger partial charge on any atom is -0.487 e. The van der Waals surface area contributed by atoms with Gasteiger partial charge in [-0.05, 0) is 54.8 Å². The zero-order chi connectivity index (χ0) is 19.1. The molecular formula is C19H19BrN2O4. The molecule has 0 radical (unpaired) electrons. The van der Waals surface area contributed by atoms with Crippen LogP contribution in [0.15, 0.2) is 46.9 Å². The molecule has 26 heavy (non-hydrogen) atoms. The van der Waals surface area contributed by atoms with Gasteiger partial charge in [0.25, 0.3) is 0 Å². The van der Waals surface area contributed by atoms with E-state index in [1.165, 1.54) is 18.2 Å². The number of halogens is 1. The number of nitro benzene ring substituents is 1. The molecule has 2 rings (SSSR count). The molecule has 0 atom stereocenters. The molecule has 2 aromatic carbocycles. The molecule has 6 nitrogen and oxygen atoms in total. The summed E-state index contributed by atoms with van der Waals surface area (Å²) >= 11 is 3.37. The molecule has 0 unspecified atom stereocenters. The third-order valence-electron chi connectivity index (χ3n) is 3.51. The first-order valence-corrected chi connectivity index (χ1v) is 8.86. The fraction of sp³-hybridized carbons (Fsp3) is 0.211. The summed E-state index contributed by atoms with van der Waals surface area (Å²) in [5.74, 6) is -0.0895. The lowest BCUT2D eigenvalue weighted by atomic mass is 10.1. The van der Waals surface area contributed by atoms with Crippen LogP contribution in [0.4, 0.5) is 11.4 Å². The van der Waals surface area contributed by atoms with E-state index in [4.69, 9.17) is 4.74 Å². The maximum absolute atomic E-state index is 12.1. The smallest absolute Gasteiger partial charge is 0.311 e. The molecule has 0 aromatic heterocycles. The predicted octanol–water partition coefficient (Wildman–Crippen LogP) is 5.11. The van der Waals surface area contributed by atoms with Gasteiger partial charge in [-0.3, -0.25) is 14.9 Å². The van der Waals surface area contributed by atoms with Gasteiger partial charge in [-0.2, -0.15) is 0 Å². The summed E-state index contributed by atoms with van der Waals surface area (Å²) in [5, 5.41) is 14.0. The van der Waals surface area contributed by atoms with Crippen molar-refractivity contribution in [2.75, 3.05) is 11.9 Å². The summed E-state index contributed by atoms with van der Waals surface area (Å²) in [6, 6.07) is 10.1. The minimum absolute atomic E-state index is 0.121. The number of carbonyl (C=O) groups is 1. The monoisotopic (exact) mass is 418 g/mol. The molecule has 0 saturated carbocycles. The lowest BCUT2D eigenvalue weighted by Gasteiger charge is -2.07. The number of nitrogens with zero attached hydrogens (tertiary/aromatic N) is 1. The van der Waals surface area contributed by atoms with Gasteiger partial charge in [-0.25, -0.2) is 0 Å².